The summed E-state index contributed by atoms with van der Waals surface area (Å²) in [6, 6.07) is 0. The highest BCUT2D eigenvalue weighted by molar-refractivity contribution is 14.0. The Morgan fingerprint density at radius 3 is 2.71 bits per heavy atom. The smallest absolute Gasteiger partial charge is 0.194 e. The van der Waals surface area contributed by atoms with Crippen LogP contribution in [0.2, 0.25) is 0 Å². The second kappa shape index (κ2) is 12.7. The number of guanidine groups is 1. The molecule has 0 aliphatic heterocycles. The van der Waals surface area contributed by atoms with Crippen LogP contribution in [0, 0.1) is 6.92 Å². The minimum Gasteiger partial charge on any atom is -0.375 e. The highest BCUT2D eigenvalue weighted by Crippen LogP contribution is 2.21. The van der Waals surface area contributed by atoms with Gasteiger partial charge >= 0.3 is 0 Å². The van der Waals surface area contributed by atoms with E-state index >= 15 is 0 Å². The molecule has 1 atom stereocenters. The van der Waals surface area contributed by atoms with E-state index in [-0.39, 0.29) is 30.1 Å². The van der Waals surface area contributed by atoms with Crippen LogP contribution in [0.1, 0.15) is 53.2 Å². The van der Waals surface area contributed by atoms with Crippen molar-refractivity contribution in [2.45, 2.75) is 53.2 Å². The Hall–Kier alpha value is -0.780. The Morgan fingerprint density at radius 2 is 2.11 bits per heavy atom. The first-order valence-corrected chi connectivity index (χ1v) is 11.1. The minimum absolute atomic E-state index is 0. The van der Waals surface area contributed by atoms with Crippen LogP contribution in [0.3, 0.4) is 0 Å². The van der Waals surface area contributed by atoms with Gasteiger partial charge in [0.25, 0.3) is 0 Å². The highest BCUT2D eigenvalue weighted by atomic mass is 127. The Morgan fingerprint density at radius 1 is 1.36 bits per heavy atom. The first-order valence-electron chi connectivity index (χ1n) is 9.40. The summed E-state index contributed by atoms with van der Waals surface area (Å²) >= 11 is 3.43. The number of hydrogen-bond acceptors (Lipinski definition) is 6. The van der Waals surface area contributed by atoms with Gasteiger partial charge in [0.1, 0.15) is 11.1 Å². The van der Waals surface area contributed by atoms with Crippen molar-refractivity contribution in [1.82, 2.24) is 20.2 Å². The van der Waals surface area contributed by atoms with Gasteiger partial charge in [-0.2, -0.15) is 0 Å². The second-order valence-electron chi connectivity index (χ2n) is 6.36. The molecule has 0 saturated carbocycles. The third kappa shape index (κ3) is 7.23. The van der Waals surface area contributed by atoms with Crippen molar-refractivity contribution in [2.24, 2.45) is 4.99 Å². The van der Waals surface area contributed by atoms with Gasteiger partial charge in [0.15, 0.2) is 5.96 Å². The number of ether oxygens (including phenoxy) is 1. The van der Waals surface area contributed by atoms with Gasteiger partial charge in [0, 0.05) is 43.9 Å². The average molecular weight is 538 g/mol. The van der Waals surface area contributed by atoms with E-state index in [9.17, 15) is 0 Å². The number of hydrogen-bond donors (Lipinski definition) is 1. The fourth-order valence-electron chi connectivity index (χ4n) is 2.65. The van der Waals surface area contributed by atoms with Crippen LogP contribution < -0.4 is 5.32 Å². The van der Waals surface area contributed by atoms with Gasteiger partial charge in [-0.25, -0.2) is 9.97 Å². The van der Waals surface area contributed by atoms with Gasteiger partial charge in [-0.05, 0) is 27.2 Å². The van der Waals surface area contributed by atoms with Crippen molar-refractivity contribution in [3.8, 4) is 0 Å². The second-order valence-corrected chi connectivity index (χ2v) is 8.54. The summed E-state index contributed by atoms with van der Waals surface area (Å²) in [5.41, 5.74) is 2.25. The van der Waals surface area contributed by atoms with E-state index in [1.165, 1.54) is 15.6 Å². The zero-order chi connectivity index (χ0) is 19.8. The van der Waals surface area contributed by atoms with Crippen molar-refractivity contribution in [2.75, 3.05) is 27.2 Å². The van der Waals surface area contributed by atoms with E-state index in [0.29, 0.717) is 0 Å². The fourth-order valence-corrected chi connectivity index (χ4v) is 4.50. The van der Waals surface area contributed by atoms with Crippen LogP contribution in [0.5, 0.6) is 0 Å². The van der Waals surface area contributed by atoms with Gasteiger partial charge in [-0.1, -0.05) is 6.92 Å². The molecule has 1 N–H and O–H groups in total. The molecule has 6 nitrogen and oxygen atoms in total. The molecule has 0 spiro atoms. The maximum Gasteiger partial charge on any atom is 0.194 e. The summed E-state index contributed by atoms with van der Waals surface area (Å²) in [4.78, 5) is 17.6. The molecule has 0 bridgehead atoms. The SMILES string of the molecule is CCNC(=NCCc1nc(CC)c(C)s1)N(C)Cc1csc(C(C)OC)n1.I. The molecule has 0 saturated heterocycles. The zero-order valence-electron chi connectivity index (χ0n) is 17.6. The van der Waals surface area contributed by atoms with Crippen LogP contribution in [0.15, 0.2) is 10.4 Å². The maximum absolute atomic E-state index is 5.35. The lowest BCUT2D eigenvalue weighted by molar-refractivity contribution is 0.119. The molecule has 0 aliphatic rings. The fraction of sp³-hybridized carbons (Fsp3) is 0.632. The number of aliphatic imine (C=N–C) groups is 1. The Balaban J connectivity index is 0.00000392. The molecule has 9 heteroatoms. The molecule has 28 heavy (non-hydrogen) atoms. The van der Waals surface area contributed by atoms with Gasteiger partial charge in [0.05, 0.1) is 22.9 Å². The highest BCUT2D eigenvalue weighted by Gasteiger charge is 2.13. The van der Waals surface area contributed by atoms with E-state index in [0.717, 1.165) is 49.1 Å². The van der Waals surface area contributed by atoms with Gasteiger partial charge in [-0.15, -0.1) is 46.7 Å². The maximum atomic E-state index is 5.35. The lowest BCUT2D eigenvalue weighted by Crippen LogP contribution is -2.38. The largest absolute Gasteiger partial charge is 0.375 e. The monoisotopic (exact) mass is 537 g/mol. The molecule has 0 amide bonds. The number of aromatic nitrogens is 2. The normalized spacial score (nSPS) is 12.6. The Kier molecular flexibility index (Phi) is 11.5. The number of nitrogens with zero attached hydrogens (tertiary/aromatic N) is 4. The third-order valence-corrected chi connectivity index (χ3v) is 6.35. The van der Waals surface area contributed by atoms with Gasteiger partial charge in [0.2, 0.25) is 0 Å². The molecule has 0 radical (unpaired) electrons. The van der Waals surface area contributed by atoms with E-state index < -0.39 is 0 Å². The number of thiazole rings is 2. The van der Waals surface area contributed by atoms with Crippen molar-refractivity contribution in [1.29, 1.82) is 0 Å². The Bertz CT molecular complexity index is 747. The molecule has 2 aromatic heterocycles. The number of methoxy groups -OCH3 is 1. The standard InChI is InChI=1S/C19H31N5OS2.HI/c1-7-16-14(4)27-17(23-16)9-10-21-19(20-8-2)24(5)11-15-12-26-18(22-15)13(3)25-6;/h12-13H,7-11H2,1-6H3,(H,20,21);1H. The van der Waals surface area contributed by atoms with Crippen LogP contribution in [-0.2, 0) is 24.1 Å². The quantitative estimate of drug-likeness (QED) is 0.291. The molecule has 0 aliphatic carbocycles. The molecule has 2 aromatic rings. The predicted molar refractivity (Wildman–Crippen MR) is 130 cm³/mol. The molecule has 0 aromatic carbocycles. The molecule has 2 rings (SSSR count). The third-order valence-electron chi connectivity index (χ3n) is 4.23. The van der Waals surface area contributed by atoms with Crippen LogP contribution >= 0.6 is 46.7 Å². The summed E-state index contributed by atoms with van der Waals surface area (Å²) < 4.78 is 5.35. The van der Waals surface area contributed by atoms with Crippen LogP contribution in [-0.4, -0.2) is 48.1 Å². The van der Waals surface area contributed by atoms with E-state index in [4.69, 9.17) is 14.7 Å². The van der Waals surface area contributed by atoms with Crippen molar-refractivity contribution >= 4 is 52.6 Å². The number of nitrogens with one attached hydrogen (secondary N) is 1. The van der Waals surface area contributed by atoms with Crippen molar-refractivity contribution in [3.05, 3.63) is 31.7 Å². The first-order chi connectivity index (χ1) is 13.0. The number of aryl methyl sites for hydroxylation is 2. The summed E-state index contributed by atoms with van der Waals surface area (Å²) in [6.45, 7) is 10.7. The Labute approximate surface area is 193 Å². The van der Waals surface area contributed by atoms with Crippen molar-refractivity contribution < 1.29 is 4.74 Å². The number of rotatable bonds is 9. The molecular formula is C19H32IN5OS2. The molecular weight excluding hydrogens is 505 g/mol. The molecule has 158 valence electrons. The molecule has 1 unspecified atom stereocenters. The summed E-state index contributed by atoms with van der Waals surface area (Å²) in [5.74, 6) is 0.899. The lowest BCUT2D eigenvalue weighted by Gasteiger charge is -2.21. The topological polar surface area (TPSA) is 62.6 Å². The zero-order valence-corrected chi connectivity index (χ0v) is 21.6. The summed E-state index contributed by atoms with van der Waals surface area (Å²) in [5, 5.41) is 7.64. The van der Waals surface area contributed by atoms with Crippen molar-refractivity contribution in [3.63, 3.8) is 0 Å². The average Bonchev–Trinajstić information content (AvgIpc) is 3.26. The summed E-state index contributed by atoms with van der Waals surface area (Å²) in [6.07, 6.45) is 1.90. The van der Waals surface area contributed by atoms with Gasteiger partial charge in [-0.3, -0.25) is 4.99 Å². The minimum atomic E-state index is 0. The van der Waals surface area contributed by atoms with Gasteiger partial charge < -0.3 is 15.0 Å². The predicted octanol–water partition coefficient (Wildman–Crippen LogP) is 4.44. The van der Waals surface area contributed by atoms with E-state index in [1.807, 2.05) is 14.0 Å². The van der Waals surface area contributed by atoms with Crippen LogP contribution in [0.25, 0.3) is 0 Å². The molecule has 2 heterocycles. The lowest BCUT2D eigenvalue weighted by atomic mass is 10.3. The first kappa shape index (κ1) is 25.3. The van der Waals surface area contributed by atoms with E-state index in [2.05, 4.69) is 41.4 Å². The van der Waals surface area contributed by atoms with E-state index in [1.54, 1.807) is 29.8 Å². The molecule has 0 fully saturated rings. The van der Waals surface area contributed by atoms with Crippen LogP contribution in [0.4, 0.5) is 0 Å². The summed E-state index contributed by atoms with van der Waals surface area (Å²) in [7, 11) is 3.75. The number of halogens is 1.